The van der Waals surface area contributed by atoms with E-state index in [1.807, 2.05) is 6.20 Å². The van der Waals surface area contributed by atoms with Gasteiger partial charge in [-0.15, -0.1) is 0 Å². The Hall–Kier alpha value is -3.05. The maximum absolute atomic E-state index is 12.4. The number of aliphatic hydroxyl groups is 1. The van der Waals surface area contributed by atoms with Crippen molar-refractivity contribution >= 4 is 17.6 Å². The largest absolute Gasteiger partial charge is 0.390 e. The number of aromatic amines is 1. The third-order valence-corrected chi connectivity index (χ3v) is 5.43. The number of amides is 2. The number of hydrogen-bond acceptors (Lipinski definition) is 8. The van der Waals surface area contributed by atoms with Crippen molar-refractivity contribution in [2.75, 3.05) is 38.0 Å². The number of likely N-dealkylation sites (tertiary alicyclic amines) is 1. The summed E-state index contributed by atoms with van der Waals surface area (Å²) in [5, 5.41) is 23.3. The molecule has 1 fully saturated rings. The molecule has 0 aliphatic carbocycles. The van der Waals surface area contributed by atoms with Crippen molar-refractivity contribution in [3.63, 3.8) is 0 Å². The second kappa shape index (κ2) is 8.76. The van der Waals surface area contributed by atoms with Crippen LogP contribution in [0.5, 0.6) is 0 Å². The Morgan fingerprint density at radius 3 is 3.00 bits per heavy atom. The number of β-amino-alcohol motifs (C(OH)–C–C–N with tert-alkyl or cyclic N) is 1. The maximum Gasteiger partial charge on any atom is 0.270 e. The van der Waals surface area contributed by atoms with Gasteiger partial charge in [0.25, 0.3) is 5.91 Å². The molecule has 2 aromatic rings. The van der Waals surface area contributed by atoms with Crippen LogP contribution >= 0.6 is 0 Å². The van der Waals surface area contributed by atoms with Crippen LogP contribution in [0.4, 0.5) is 5.82 Å². The Bertz CT molecular complexity index is 911. The summed E-state index contributed by atoms with van der Waals surface area (Å²) in [5.41, 5.74) is 2.53. The molecule has 4 N–H and O–H groups in total. The summed E-state index contributed by atoms with van der Waals surface area (Å²) in [6.07, 6.45) is 3.38. The lowest BCUT2D eigenvalue weighted by Crippen LogP contribution is -2.56. The number of carbonyl (C=O) groups excluding carboxylic acids is 2. The number of nitrogens with zero attached hydrogens (tertiary/aromatic N) is 5. The van der Waals surface area contributed by atoms with Crippen molar-refractivity contribution in [1.82, 2.24) is 35.3 Å². The number of aromatic nitrogens is 4. The summed E-state index contributed by atoms with van der Waals surface area (Å²) in [7, 11) is 0. The molecule has 2 amide bonds. The van der Waals surface area contributed by atoms with E-state index in [4.69, 9.17) is 0 Å². The van der Waals surface area contributed by atoms with E-state index in [2.05, 4.69) is 35.7 Å². The normalized spacial score (nSPS) is 17.7. The lowest BCUT2D eigenvalue weighted by Gasteiger charge is -2.39. The fourth-order valence-corrected chi connectivity index (χ4v) is 3.69. The molecule has 30 heavy (non-hydrogen) atoms. The Balaban J connectivity index is 1.22. The fraction of sp³-hybridized carbons (Fsp3) is 0.526. The van der Waals surface area contributed by atoms with Crippen LogP contribution in [0.3, 0.4) is 0 Å². The summed E-state index contributed by atoms with van der Waals surface area (Å²) in [6, 6.07) is 1.68. The first-order valence-corrected chi connectivity index (χ1v) is 10.0. The summed E-state index contributed by atoms with van der Waals surface area (Å²) in [5.74, 6) is 0.212. The van der Waals surface area contributed by atoms with Crippen LogP contribution in [0, 0.1) is 0 Å². The molecule has 1 saturated heterocycles. The minimum Gasteiger partial charge on any atom is -0.390 e. The zero-order chi connectivity index (χ0) is 21.1. The van der Waals surface area contributed by atoms with E-state index in [0.717, 1.165) is 18.7 Å². The first-order chi connectivity index (χ1) is 14.5. The van der Waals surface area contributed by atoms with E-state index in [1.165, 1.54) is 18.8 Å². The van der Waals surface area contributed by atoms with Gasteiger partial charge in [-0.1, -0.05) is 0 Å². The van der Waals surface area contributed by atoms with Crippen LogP contribution in [0.2, 0.25) is 0 Å². The van der Waals surface area contributed by atoms with Crippen molar-refractivity contribution < 1.29 is 14.7 Å². The topological polar surface area (TPSA) is 139 Å². The highest BCUT2D eigenvalue weighted by Crippen LogP contribution is 2.16. The number of carbonyl (C=O) groups is 2. The molecule has 4 heterocycles. The monoisotopic (exact) mass is 414 g/mol. The van der Waals surface area contributed by atoms with Gasteiger partial charge in [0.05, 0.1) is 24.0 Å². The highest BCUT2D eigenvalue weighted by atomic mass is 16.3. The predicted molar refractivity (Wildman–Crippen MR) is 108 cm³/mol. The molecule has 160 valence electrons. The van der Waals surface area contributed by atoms with Crippen molar-refractivity contribution in [2.24, 2.45) is 0 Å². The number of hydrogen-bond donors (Lipinski definition) is 4. The minimum atomic E-state index is -0.689. The Labute approximate surface area is 173 Å². The van der Waals surface area contributed by atoms with E-state index in [0.29, 0.717) is 32.0 Å². The van der Waals surface area contributed by atoms with Gasteiger partial charge in [-0.2, -0.15) is 5.10 Å². The molecule has 1 atom stereocenters. The van der Waals surface area contributed by atoms with Gasteiger partial charge in [-0.3, -0.25) is 19.6 Å². The van der Waals surface area contributed by atoms with Crippen LogP contribution in [0.25, 0.3) is 0 Å². The second-order valence-corrected chi connectivity index (χ2v) is 7.78. The molecule has 2 aromatic heterocycles. The van der Waals surface area contributed by atoms with Crippen LogP contribution in [0.1, 0.15) is 28.7 Å². The van der Waals surface area contributed by atoms with Crippen LogP contribution in [-0.2, 0) is 17.8 Å². The van der Waals surface area contributed by atoms with Crippen molar-refractivity contribution in [3.05, 3.63) is 35.5 Å². The molecule has 0 aromatic carbocycles. The Kier molecular flexibility index (Phi) is 5.91. The molecule has 2 aliphatic heterocycles. The Morgan fingerprint density at radius 2 is 2.20 bits per heavy atom. The van der Waals surface area contributed by atoms with E-state index in [-0.39, 0.29) is 30.1 Å². The standard InChI is InChI=1S/C19H26N8O3/c1-12(28)27-7-14(8-27)24-18-4-16(21-11-22-18)19(30)20-6-15(29)9-26-3-2-13-5-23-25-17(13)10-26/h4-5,11,14-15,29H,2-3,6-10H2,1H3,(H,20,30)(H,23,25)(H,21,22,24)/t15-/m0/s1. The van der Waals surface area contributed by atoms with Crippen molar-refractivity contribution in [2.45, 2.75) is 32.0 Å². The third kappa shape index (κ3) is 4.74. The molecule has 0 spiro atoms. The zero-order valence-corrected chi connectivity index (χ0v) is 16.8. The first-order valence-electron chi connectivity index (χ1n) is 10.0. The minimum absolute atomic E-state index is 0.0453. The number of anilines is 1. The van der Waals surface area contributed by atoms with E-state index in [1.54, 1.807) is 11.0 Å². The Morgan fingerprint density at radius 1 is 1.37 bits per heavy atom. The van der Waals surface area contributed by atoms with Gasteiger partial charge < -0.3 is 20.6 Å². The molecular formula is C19H26N8O3. The lowest BCUT2D eigenvalue weighted by atomic mass is 10.1. The molecule has 0 saturated carbocycles. The summed E-state index contributed by atoms with van der Waals surface area (Å²) in [6.45, 7) is 4.92. The average molecular weight is 414 g/mol. The number of rotatable bonds is 7. The second-order valence-electron chi connectivity index (χ2n) is 7.78. The molecule has 2 aliphatic rings. The predicted octanol–water partition coefficient (Wildman–Crippen LogP) is -1.01. The summed E-state index contributed by atoms with van der Waals surface area (Å²) in [4.78, 5) is 35.7. The van der Waals surface area contributed by atoms with Gasteiger partial charge in [-0.05, 0) is 12.0 Å². The van der Waals surface area contributed by atoms with E-state index in [9.17, 15) is 14.7 Å². The van der Waals surface area contributed by atoms with Crippen LogP contribution < -0.4 is 10.6 Å². The zero-order valence-electron chi connectivity index (χ0n) is 16.8. The summed E-state index contributed by atoms with van der Waals surface area (Å²) >= 11 is 0. The first kappa shape index (κ1) is 20.2. The maximum atomic E-state index is 12.4. The van der Waals surface area contributed by atoms with Gasteiger partial charge in [-0.25, -0.2) is 9.97 Å². The fourth-order valence-electron chi connectivity index (χ4n) is 3.69. The van der Waals surface area contributed by atoms with Gasteiger partial charge in [0.2, 0.25) is 5.91 Å². The smallest absolute Gasteiger partial charge is 0.270 e. The van der Waals surface area contributed by atoms with Gasteiger partial charge >= 0.3 is 0 Å². The van der Waals surface area contributed by atoms with Gasteiger partial charge in [0, 0.05) is 52.3 Å². The molecule has 0 bridgehead atoms. The highest BCUT2D eigenvalue weighted by molar-refractivity contribution is 5.92. The summed E-state index contributed by atoms with van der Waals surface area (Å²) < 4.78 is 0. The quantitative estimate of drug-likeness (QED) is 0.452. The van der Waals surface area contributed by atoms with Crippen LogP contribution in [0.15, 0.2) is 18.6 Å². The molecule has 0 radical (unpaired) electrons. The van der Waals surface area contributed by atoms with Gasteiger partial charge in [0.15, 0.2) is 0 Å². The molecule has 11 nitrogen and oxygen atoms in total. The van der Waals surface area contributed by atoms with Gasteiger partial charge in [0.1, 0.15) is 17.8 Å². The average Bonchev–Trinajstić information content (AvgIpc) is 3.16. The highest BCUT2D eigenvalue weighted by Gasteiger charge is 2.28. The lowest BCUT2D eigenvalue weighted by molar-refractivity contribution is -0.132. The third-order valence-electron chi connectivity index (χ3n) is 5.43. The number of H-pyrrole nitrogens is 1. The number of aliphatic hydroxyl groups excluding tert-OH is 1. The van der Waals surface area contributed by atoms with Crippen molar-refractivity contribution in [3.8, 4) is 0 Å². The molecule has 11 heteroatoms. The SMILES string of the molecule is CC(=O)N1CC(Nc2cc(C(=O)NC[C@H](O)CN3CCc4cn[nH]c4C3)ncn2)C1. The van der Waals surface area contributed by atoms with Crippen LogP contribution in [-0.4, -0.2) is 91.8 Å². The van der Waals surface area contributed by atoms with Crippen molar-refractivity contribution in [1.29, 1.82) is 0 Å². The molecular weight excluding hydrogens is 388 g/mol. The van der Waals surface area contributed by atoms with E-state index < -0.39 is 6.10 Å². The number of nitrogens with one attached hydrogen (secondary N) is 3. The molecule has 0 unspecified atom stereocenters. The number of fused-ring (bicyclic) bond motifs is 1. The molecule has 4 rings (SSSR count). The van der Waals surface area contributed by atoms with E-state index >= 15 is 0 Å².